The van der Waals surface area contributed by atoms with E-state index in [4.69, 9.17) is 13.9 Å². The standard InChI is InChI=1S/C19H22N2O6/c1-12-15(16-20-14(11-25-16)17(22)24-4)21(19(2,3)27-12)18(23)26-10-13-8-6-5-7-9-13/h5-9,11-12,15H,10H2,1-4H3/t12-,15+/m1/s1. The summed E-state index contributed by atoms with van der Waals surface area (Å²) in [5, 5.41) is 0. The fraction of sp³-hybridized carbons (Fsp3) is 0.421. The van der Waals surface area contributed by atoms with Gasteiger partial charge >= 0.3 is 12.1 Å². The first-order valence-electron chi connectivity index (χ1n) is 8.55. The van der Waals surface area contributed by atoms with Crippen molar-refractivity contribution in [3.63, 3.8) is 0 Å². The van der Waals surface area contributed by atoms with Crippen molar-refractivity contribution >= 4 is 12.1 Å². The van der Waals surface area contributed by atoms with Crippen LogP contribution in [0.25, 0.3) is 0 Å². The Hall–Kier alpha value is -2.87. The van der Waals surface area contributed by atoms with E-state index >= 15 is 0 Å². The molecule has 0 spiro atoms. The van der Waals surface area contributed by atoms with Gasteiger partial charge in [-0.1, -0.05) is 30.3 Å². The van der Waals surface area contributed by atoms with Crippen LogP contribution in [0.3, 0.4) is 0 Å². The summed E-state index contributed by atoms with van der Waals surface area (Å²) in [6.07, 6.45) is 0.233. The highest BCUT2D eigenvalue weighted by Crippen LogP contribution is 2.41. The Kier molecular flexibility index (Phi) is 5.18. The van der Waals surface area contributed by atoms with Crippen LogP contribution in [0.2, 0.25) is 0 Å². The first-order valence-corrected chi connectivity index (χ1v) is 8.55. The molecule has 0 bridgehead atoms. The zero-order chi connectivity index (χ0) is 19.6. The van der Waals surface area contributed by atoms with Gasteiger partial charge in [-0.2, -0.15) is 0 Å². The summed E-state index contributed by atoms with van der Waals surface area (Å²) in [6, 6.07) is 8.74. The third kappa shape index (κ3) is 3.80. The topological polar surface area (TPSA) is 91.1 Å². The van der Waals surface area contributed by atoms with Crippen molar-refractivity contribution in [2.45, 2.75) is 45.2 Å². The molecule has 1 amide bonds. The maximum atomic E-state index is 12.8. The number of benzene rings is 1. The van der Waals surface area contributed by atoms with Gasteiger partial charge in [0.15, 0.2) is 5.69 Å². The third-order valence-corrected chi connectivity index (χ3v) is 4.35. The molecule has 0 aliphatic carbocycles. The molecule has 2 aromatic rings. The van der Waals surface area contributed by atoms with E-state index in [0.29, 0.717) is 0 Å². The molecule has 2 heterocycles. The molecule has 1 aromatic heterocycles. The number of aromatic nitrogens is 1. The number of esters is 1. The van der Waals surface area contributed by atoms with Crippen LogP contribution in [0.4, 0.5) is 4.79 Å². The van der Waals surface area contributed by atoms with E-state index < -0.39 is 29.9 Å². The Balaban J connectivity index is 1.82. The first-order chi connectivity index (χ1) is 12.8. The molecule has 1 aliphatic heterocycles. The Labute approximate surface area is 157 Å². The molecular formula is C19H22N2O6. The maximum absolute atomic E-state index is 12.8. The number of hydrogen-bond donors (Lipinski definition) is 0. The van der Waals surface area contributed by atoms with Crippen LogP contribution in [0.1, 0.15) is 48.8 Å². The molecular weight excluding hydrogens is 352 g/mol. The molecule has 1 aromatic carbocycles. The molecule has 1 fully saturated rings. The van der Waals surface area contributed by atoms with Crippen molar-refractivity contribution in [2.24, 2.45) is 0 Å². The SMILES string of the molecule is COC(=O)c1coc([C@@H]2[C@@H](C)OC(C)(C)N2C(=O)OCc2ccccc2)n1. The molecule has 8 nitrogen and oxygen atoms in total. The zero-order valence-electron chi connectivity index (χ0n) is 15.7. The Morgan fingerprint density at radius 1 is 1.26 bits per heavy atom. The summed E-state index contributed by atoms with van der Waals surface area (Å²) in [7, 11) is 1.26. The van der Waals surface area contributed by atoms with E-state index in [1.54, 1.807) is 20.8 Å². The summed E-state index contributed by atoms with van der Waals surface area (Å²) in [6.45, 7) is 5.46. The van der Waals surface area contributed by atoms with Gasteiger partial charge in [0, 0.05) is 0 Å². The Morgan fingerprint density at radius 2 is 1.96 bits per heavy atom. The number of carbonyl (C=O) groups is 2. The molecule has 0 N–H and O–H groups in total. The van der Waals surface area contributed by atoms with Crippen molar-refractivity contribution < 1.29 is 28.2 Å². The average Bonchev–Trinajstić information content (AvgIpc) is 3.21. The lowest BCUT2D eigenvalue weighted by Gasteiger charge is -2.31. The zero-order valence-corrected chi connectivity index (χ0v) is 15.7. The number of carbonyl (C=O) groups excluding carboxylic acids is 2. The van der Waals surface area contributed by atoms with E-state index in [1.807, 2.05) is 30.3 Å². The van der Waals surface area contributed by atoms with Crippen LogP contribution in [0.15, 0.2) is 41.0 Å². The normalized spacial score (nSPS) is 21.1. The monoisotopic (exact) mass is 374 g/mol. The summed E-state index contributed by atoms with van der Waals surface area (Å²) in [4.78, 5) is 30.1. The fourth-order valence-corrected chi connectivity index (χ4v) is 3.18. The van der Waals surface area contributed by atoms with E-state index in [2.05, 4.69) is 9.72 Å². The van der Waals surface area contributed by atoms with Crippen LogP contribution >= 0.6 is 0 Å². The Morgan fingerprint density at radius 3 is 2.63 bits per heavy atom. The van der Waals surface area contributed by atoms with Gasteiger partial charge < -0.3 is 18.6 Å². The van der Waals surface area contributed by atoms with Gasteiger partial charge in [-0.15, -0.1) is 0 Å². The van der Waals surface area contributed by atoms with E-state index in [-0.39, 0.29) is 18.2 Å². The van der Waals surface area contributed by atoms with E-state index in [0.717, 1.165) is 5.56 Å². The molecule has 0 unspecified atom stereocenters. The maximum Gasteiger partial charge on any atom is 0.413 e. The highest BCUT2D eigenvalue weighted by molar-refractivity contribution is 5.86. The highest BCUT2D eigenvalue weighted by atomic mass is 16.6. The number of methoxy groups -OCH3 is 1. The molecule has 144 valence electrons. The number of oxazole rings is 1. The number of nitrogens with zero attached hydrogens (tertiary/aromatic N) is 2. The minimum atomic E-state index is -0.933. The second-order valence-electron chi connectivity index (χ2n) is 6.69. The molecule has 1 saturated heterocycles. The molecule has 0 radical (unpaired) electrons. The van der Waals surface area contributed by atoms with Crippen molar-refractivity contribution in [1.29, 1.82) is 0 Å². The van der Waals surface area contributed by atoms with Gasteiger partial charge in [-0.05, 0) is 26.3 Å². The van der Waals surface area contributed by atoms with Crippen molar-refractivity contribution in [2.75, 3.05) is 7.11 Å². The molecule has 27 heavy (non-hydrogen) atoms. The average molecular weight is 374 g/mol. The second kappa shape index (κ2) is 7.40. The Bertz CT molecular complexity index is 817. The third-order valence-electron chi connectivity index (χ3n) is 4.35. The minimum absolute atomic E-state index is 0.0296. The van der Waals surface area contributed by atoms with Gasteiger partial charge in [0.1, 0.15) is 24.6 Å². The number of hydrogen-bond acceptors (Lipinski definition) is 7. The summed E-state index contributed by atoms with van der Waals surface area (Å²) in [5.74, 6) is -0.431. The van der Waals surface area contributed by atoms with Crippen molar-refractivity contribution in [3.8, 4) is 0 Å². The number of amides is 1. The van der Waals surface area contributed by atoms with Crippen LogP contribution in [-0.4, -0.2) is 40.9 Å². The van der Waals surface area contributed by atoms with Crippen LogP contribution in [0, 0.1) is 0 Å². The first kappa shape index (κ1) is 18.9. The van der Waals surface area contributed by atoms with Gasteiger partial charge in [-0.25, -0.2) is 14.6 Å². The molecule has 3 rings (SSSR count). The lowest BCUT2D eigenvalue weighted by atomic mass is 10.1. The van der Waals surface area contributed by atoms with Gasteiger partial charge in [0.05, 0.1) is 13.2 Å². The van der Waals surface area contributed by atoms with Crippen LogP contribution in [-0.2, 0) is 20.8 Å². The summed E-state index contributed by atoms with van der Waals surface area (Å²) >= 11 is 0. The van der Waals surface area contributed by atoms with Crippen molar-refractivity contribution in [3.05, 3.63) is 53.7 Å². The smallest absolute Gasteiger partial charge is 0.413 e. The fourth-order valence-electron chi connectivity index (χ4n) is 3.18. The molecule has 0 saturated carbocycles. The van der Waals surface area contributed by atoms with Gasteiger partial charge in [-0.3, -0.25) is 4.90 Å². The molecule has 1 aliphatic rings. The van der Waals surface area contributed by atoms with Gasteiger partial charge in [0.2, 0.25) is 5.89 Å². The number of ether oxygens (including phenoxy) is 3. The van der Waals surface area contributed by atoms with Crippen molar-refractivity contribution in [1.82, 2.24) is 9.88 Å². The van der Waals surface area contributed by atoms with Crippen LogP contribution < -0.4 is 0 Å². The summed E-state index contributed by atoms with van der Waals surface area (Å²) < 4.78 is 21.5. The van der Waals surface area contributed by atoms with Crippen LogP contribution in [0.5, 0.6) is 0 Å². The predicted molar refractivity (Wildman–Crippen MR) is 93.7 cm³/mol. The van der Waals surface area contributed by atoms with E-state index in [9.17, 15) is 9.59 Å². The molecule has 2 atom stereocenters. The predicted octanol–water partition coefficient (Wildman–Crippen LogP) is 3.30. The number of rotatable bonds is 4. The largest absolute Gasteiger partial charge is 0.464 e. The highest BCUT2D eigenvalue weighted by Gasteiger charge is 2.51. The molecule has 8 heteroatoms. The second-order valence-corrected chi connectivity index (χ2v) is 6.69. The lowest BCUT2D eigenvalue weighted by molar-refractivity contribution is -0.0670. The van der Waals surface area contributed by atoms with E-state index in [1.165, 1.54) is 18.3 Å². The quantitative estimate of drug-likeness (QED) is 0.758. The summed E-state index contributed by atoms with van der Waals surface area (Å²) in [5.41, 5.74) is -0.0305. The lowest BCUT2D eigenvalue weighted by Crippen LogP contribution is -2.45. The van der Waals surface area contributed by atoms with Gasteiger partial charge in [0.25, 0.3) is 0 Å². The minimum Gasteiger partial charge on any atom is -0.464 e.